The van der Waals surface area contributed by atoms with Crippen LogP contribution in [0.2, 0.25) is 0 Å². The fourth-order valence-electron chi connectivity index (χ4n) is 2.76. The van der Waals surface area contributed by atoms with Crippen LogP contribution >= 0.6 is 15.9 Å². The maximum absolute atomic E-state index is 13.8. The third kappa shape index (κ3) is 5.10. The van der Waals surface area contributed by atoms with Gasteiger partial charge in [0, 0.05) is 24.2 Å². The standard InChI is InChI=1S/C21H18BrF2N3O3/c1-12-25-20(30-11-15-5-6-16(23)9-18(15)24)19(22)21(29)27(12)10-14-3-7-17(8-4-14)26-13(2)28/h3-9H,10-11H2,1-2H3,(H,26,28). The van der Waals surface area contributed by atoms with Crippen molar-refractivity contribution in [1.82, 2.24) is 9.55 Å². The first kappa shape index (κ1) is 21.6. The third-order valence-corrected chi connectivity index (χ3v) is 4.95. The molecule has 1 amide bonds. The van der Waals surface area contributed by atoms with Gasteiger partial charge >= 0.3 is 0 Å². The number of aryl methyl sites for hydroxylation is 1. The second kappa shape index (κ2) is 9.17. The lowest BCUT2D eigenvalue weighted by atomic mass is 10.2. The number of anilines is 1. The van der Waals surface area contributed by atoms with Crippen LogP contribution in [0.3, 0.4) is 0 Å². The summed E-state index contributed by atoms with van der Waals surface area (Å²) in [5.41, 5.74) is 1.28. The predicted octanol–water partition coefficient (Wildman–Crippen LogP) is 4.18. The largest absolute Gasteiger partial charge is 0.472 e. The Balaban J connectivity index is 1.79. The minimum absolute atomic E-state index is 0.0264. The Kier molecular flexibility index (Phi) is 6.61. The van der Waals surface area contributed by atoms with E-state index in [4.69, 9.17) is 4.74 Å². The Morgan fingerprint density at radius 1 is 1.20 bits per heavy atom. The summed E-state index contributed by atoms with van der Waals surface area (Å²) in [6, 6.07) is 10.3. The second-order valence-electron chi connectivity index (χ2n) is 6.57. The average molecular weight is 478 g/mol. The van der Waals surface area contributed by atoms with E-state index in [1.165, 1.54) is 17.6 Å². The lowest BCUT2D eigenvalue weighted by molar-refractivity contribution is -0.114. The fourth-order valence-corrected chi connectivity index (χ4v) is 3.18. The van der Waals surface area contributed by atoms with E-state index in [9.17, 15) is 18.4 Å². The van der Waals surface area contributed by atoms with Crippen molar-refractivity contribution in [2.24, 2.45) is 0 Å². The summed E-state index contributed by atoms with van der Waals surface area (Å²) < 4.78 is 33.8. The van der Waals surface area contributed by atoms with Crippen molar-refractivity contribution >= 4 is 27.5 Å². The van der Waals surface area contributed by atoms with Crippen molar-refractivity contribution < 1.29 is 18.3 Å². The molecule has 0 aliphatic carbocycles. The maximum Gasteiger partial charge on any atom is 0.272 e. The molecule has 0 aliphatic rings. The molecular weight excluding hydrogens is 460 g/mol. The van der Waals surface area contributed by atoms with Gasteiger partial charge in [0.2, 0.25) is 11.8 Å². The van der Waals surface area contributed by atoms with Crippen LogP contribution < -0.4 is 15.6 Å². The SMILES string of the molecule is CC(=O)Nc1ccc(Cn2c(C)nc(OCc3ccc(F)cc3F)c(Br)c2=O)cc1. The zero-order valence-electron chi connectivity index (χ0n) is 16.2. The van der Waals surface area contributed by atoms with Crippen molar-refractivity contribution in [3.63, 3.8) is 0 Å². The molecule has 156 valence electrons. The molecule has 0 atom stereocenters. The highest BCUT2D eigenvalue weighted by molar-refractivity contribution is 9.10. The summed E-state index contributed by atoms with van der Waals surface area (Å²) in [4.78, 5) is 28.2. The molecule has 6 nitrogen and oxygen atoms in total. The first-order valence-corrected chi connectivity index (χ1v) is 9.74. The first-order valence-electron chi connectivity index (χ1n) is 8.95. The highest BCUT2D eigenvalue weighted by atomic mass is 79.9. The highest BCUT2D eigenvalue weighted by Gasteiger charge is 2.15. The number of benzene rings is 2. The molecule has 30 heavy (non-hydrogen) atoms. The first-order chi connectivity index (χ1) is 14.2. The van der Waals surface area contributed by atoms with Crippen LogP contribution in [0.5, 0.6) is 5.88 Å². The predicted molar refractivity (Wildman–Crippen MR) is 111 cm³/mol. The molecule has 0 radical (unpaired) electrons. The van der Waals surface area contributed by atoms with E-state index in [0.717, 1.165) is 17.7 Å². The van der Waals surface area contributed by atoms with Crippen LogP contribution in [-0.2, 0) is 17.9 Å². The normalized spacial score (nSPS) is 10.7. The topological polar surface area (TPSA) is 73.2 Å². The van der Waals surface area contributed by atoms with Gasteiger partial charge in [0.25, 0.3) is 5.56 Å². The number of rotatable bonds is 6. The van der Waals surface area contributed by atoms with Crippen LogP contribution in [0.25, 0.3) is 0 Å². The number of halogens is 3. The van der Waals surface area contributed by atoms with Crippen LogP contribution in [0, 0.1) is 18.6 Å². The second-order valence-corrected chi connectivity index (χ2v) is 7.36. The molecule has 3 rings (SSSR count). The molecule has 1 heterocycles. The van der Waals surface area contributed by atoms with Crippen LogP contribution in [0.15, 0.2) is 51.7 Å². The third-order valence-electron chi connectivity index (χ3n) is 4.27. The molecule has 1 aromatic heterocycles. The molecule has 9 heteroatoms. The number of nitrogens with zero attached hydrogens (tertiary/aromatic N) is 2. The van der Waals surface area contributed by atoms with Crippen LogP contribution in [0.1, 0.15) is 23.9 Å². The molecule has 0 spiro atoms. The van der Waals surface area contributed by atoms with Gasteiger partial charge in [-0.1, -0.05) is 12.1 Å². The van der Waals surface area contributed by atoms with Crippen molar-refractivity contribution in [2.45, 2.75) is 27.0 Å². The smallest absolute Gasteiger partial charge is 0.272 e. The molecular formula is C21H18BrF2N3O3. The number of hydrogen-bond acceptors (Lipinski definition) is 4. The Morgan fingerprint density at radius 3 is 2.53 bits per heavy atom. The van der Waals surface area contributed by atoms with Gasteiger partial charge in [-0.05, 0) is 52.7 Å². The Bertz CT molecular complexity index is 1150. The van der Waals surface area contributed by atoms with Crippen LogP contribution in [-0.4, -0.2) is 15.5 Å². The molecule has 0 unspecified atom stereocenters. The van der Waals surface area contributed by atoms with E-state index < -0.39 is 11.6 Å². The van der Waals surface area contributed by atoms with Gasteiger partial charge in [0.05, 0.1) is 6.54 Å². The minimum atomic E-state index is -0.737. The van der Waals surface area contributed by atoms with E-state index in [0.29, 0.717) is 11.5 Å². The molecule has 0 saturated carbocycles. The fraction of sp³-hybridized carbons (Fsp3) is 0.190. The van der Waals surface area contributed by atoms with Gasteiger partial charge in [0.15, 0.2) is 0 Å². The van der Waals surface area contributed by atoms with Gasteiger partial charge in [-0.15, -0.1) is 0 Å². The van der Waals surface area contributed by atoms with Gasteiger partial charge < -0.3 is 10.1 Å². The number of carbonyl (C=O) groups excluding carboxylic acids is 1. The van der Waals surface area contributed by atoms with Gasteiger partial charge in [-0.3, -0.25) is 14.2 Å². The molecule has 0 fully saturated rings. The number of nitrogens with one attached hydrogen (secondary N) is 1. The summed E-state index contributed by atoms with van der Waals surface area (Å²) >= 11 is 3.20. The van der Waals surface area contributed by atoms with Gasteiger partial charge in [-0.2, -0.15) is 4.98 Å². The summed E-state index contributed by atoms with van der Waals surface area (Å²) in [6.07, 6.45) is 0. The molecule has 2 aromatic carbocycles. The van der Waals surface area contributed by atoms with E-state index >= 15 is 0 Å². The minimum Gasteiger partial charge on any atom is -0.472 e. The Hall–Kier alpha value is -3.07. The Labute approximate surface area is 179 Å². The molecule has 0 bridgehead atoms. The zero-order chi connectivity index (χ0) is 21.8. The van der Waals surface area contributed by atoms with Gasteiger partial charge in [-0.25, -0.2) is 8.78 Å². The Morgan fingerprint density at radius 2 is 1.90 bits per heavy atom. The summed E-state index contributed by atoms with van der Waals surface area (Å²) in [5, 5.41) is 2.68. The van der Waals surface area contributed by atoms with Crippen LogP contribution in [0.4, 0.5) is 14.5 Å². The lowest BCUT2D eigenvalue weighted by Gasteiger charge is -2.14. The van der Waals surface area contributed by atoms with E-state index in [2.05, 4.69) is 26.2 Å². The number of amides is 1. The number of carbonyl (C=O) groups is 1. The summed E-state index contributed by atoms with van der Waals surface area (Å²) in [7, 11) is 0. The highest BCUT2D eigenvalue weighted by Crippen LogP contribution is 2.21. The van der Waals surface area contributed by atoms with Crippen molar-refractivity contribution in [2.75, 3.05) is 5.32 Å². The molecule has 1 N–H and O–H groups in total. The van der Waals surface area contributed by atoms with Crippen molar-refractivity contribution in [3.8, 4) is 5.88 Å². The van der Waals surface area contributed by atoms with E-state index in [1.807, 2.05) is 0 Å². The monoisotopic (exact) mass is 477 g/mol. The zero-order valence-corrected chi connectivity index (χ0v) is 17.8. The molecule has 0 saturated heterocycles. The van der Waals surface area contributed by atoms with E-state index in [1.54, 1.807) is 31.2 Å². The number of hydrogen-bond donors (Lipinski definition) is 1. The van der Waals surface area contributed by atoms with Crippen molar-refractivity contribution in [3.05, 3.63) is 85.9 Å². The summed E-state index contributed by atoms with van der Waals surface area (Å²) in [5.74, 6) is -1.15. The molecule has 3 aromatic rings. The van der Waals surface area contributed by atoms with E-state index in [-0.39, 0.29) is 40.5 Å². The average Bonchev–Trinajstić information content (AvgIpc) is 2.69. The summed E-state index contributed by atoms with van der Waals surface area (Å²) in [6.45, 7) is 3.15. The van der Waals surface area contributed by atoms with Gasteiger partial charge in [0.1, 0.15) is 28.5 Å². The quantitative estimate of drug-likeness (QED) is 0.577. The van der Waals surface area contributed by atoms with Crippen molar-refractivity contribution in [1.29, 1.82) is 0 Å². The maximum atomic E-state index is 13.8. The number of ether oxygens (including phenoxy) is 1. The lowest BCUT2D eigenvalue weighted by Crippen LogP contribution is -2.25. The molecule has 0 aliphatic heterocycles. The number of aromatic nitrogens is 2.